The van der Waals surface area contributed by atoms with Crippen LogP contribution < -0.4 is 4.57 Å². The van der Waals surface area contributed by atoms with Crippen molar-refractivity contribution in [1.29, 1.82) is 5.26 Å². The molecule has 0 amide bonds. The summed E-state index contributed by atoms with van der Waals surface area (Å²) in [4.78, 5) is 0. The van der Waals surface area contributed by atoms with E-state index in [0.717, 1.165) is 49.9 Å². The van der Waals surface area contributed by atoms with Crippen molar-refractivity contribution in [1.82, 2.24) is 0 Å². The van der Waals surface area contributed by atoms with Crippen LogP contribution in [0.5, 0.6) is 0 Å². The molecule has 0 spiro atoms. The largest absolute Gasteiger partial charge is 0.454 e. The molecule has 7 rings (SSSR count). The number of furan rings is 1. The molecular weight excluding hydrogens is 512 g/mol. The molecule has 1 saturated carbocycles. The summed E-state index contributed by atoms with van der Waals surface area (Å²) >= 11 is 0. The molecule has 42 heavy (non-hydrogen) atoms. The van der Waals surface area contributed by atoms with E-state index >= 15 is 0 Å². The van der Waals surface area contributed by atoms with Crippen LogP contribution in [-0.4, -0.2) is 0 Å². The monoisotopic (exact) mass is 547 g/mol. The van der Waals surface area contributed by atoms with E-state index in [1.165, 1.54) is 42.4 Å². The summed E-state index contributed by atoms with van der Waals surface area (Å²) in [5.41, 5.74) is 11.7. The SMILES string of the molecule is Cc1cc(C2CCC(c3ccccc3)CC2)ccc1-c1c(C#N)ccc2c1oc1c(-c3cccc[n+]3C)c(C)ccc12. The standard InChI is InChI=1S/C39H35N2O/c1-25-12-19-33-34-21-18-31(24-40)37(39(34)42-38(33)36(25)35-11-7-8-22-41(35)3)32-20-17-30(23-26(32)2)29-15-13-28(14-16-29)27-9-5-4-6-10-27/h4-12,17-23,28-29H,13-16H2,1-3H3/q+1. The van der Waals surface area contributed by atoms with Gasteiger partial charge in [0.2, 0.25) is 5.69 Å². The molecule has 0 atom stereocenters. The number of fused-ring (bicyclic) bond motifs is 3. The zero-order valence-corrected chi connectivity index (χ0v) is 24.5. The van der Waals surface area contributed by atoms with Gasteiger partial charge in [-0.05, 0) is 97.4 Å². The van der Waals surface area contributed by atoms with E-state index in [9.17, 15) is 5.26 Å². The molecule has 0 bridgehead atoms. The van der Waals surface area contributed by atoms with E-state index in [2.05, 4.69) is 111 Å². The fourth-order valence-electron chi connectivity index (χ4n) is 7.17. The smallest absolute Gasteiger partial charge is 0.216 e. The Morgan fingerprint density at radius 2 is 1.36 bits per heavy atom. The first-order valence-corrected chi connectivity index (χ1v) is 15.0. The molecule has 4 aromatic carbocycles. The number of benzene rings is 4. The molecule has 0 radical (unpaired) electrons. The molecule has 3 heteroatoms. The van der Waals surface area contributed by atoms with Gasteiger partial charge in [-0.25, -0.2) is 4.57 Å². The third-order valence-electron chi connectivity index (χ3n) is 9.44. The van der Waals surface area contributed by atoms with Crippen molar-refractivity contribution in [2.45, 2.75) is 51.4 Å². The van der Waals surface area contributed by atoms with Gasteiger partial charge in [0.15, 0.2) is 6.20 Å². The summed E-state index contributed by atoms with van der Waals surface area (Å²) in [6, 6.07) is 34.8. The fraction of sp³-hybridized carbons (Fsp3) is 0.231. The number of hydrogen-bond acceptors (Lipinski definition) is 2. The number of aryl methyl sites for hydroxylation is 3. The highest BCUT2D eigenvalue weighted by Gasteiger charge is 2.26. The molecule has 0 saturated heterocycles. The lowest BCUT2D eigenvalue weighted by Gasteiger charge is -2.29. The van der Waals surface area contributed by atoms with Crippen molar-refractivity contribution in [3.05, 3.63) is 125 Å². The van der Waals surface area contributed by atoms with Crippen LogP contribution in [0.25, 0.3) is 44.3 Å². The number of nitriles is 1. The zero-order chi connectivity index (χ0) is 28.8. The number of aromatic nitrogens is 1. The van der Waals surface area contributed by atoms with Gasteiger partial charge in [-0.2, -0.15) is 5.26 Å². The van der Waals surface area contributed by atoms with Gasteiger partial charge < -0.3 is 4.42 Å². The predicted octanol–water partition coefficient (Wildman–Crippen LogP) is 9.67. The van der Waals surface area contributed by atoms with E-state index in [1.54, 1.807) is 0 Å². The molecule has 1 fully saturated rings. The molecule has 6 aromatic rings. The van der Waals surface area contributed by atoms with Gasteiger partial charge in [-0.1, -0.05) is 60.7 Å². The van der Waals surface area contributed by atoms with Gasteiger partial charge in [0.1, 0.15) is 18.2 Å². The second-order valence-corrected chi connectivity index (χ2v) is 11.9. The summed E-state index contributed by atoms with van der Waals surface area (Å²) < 4.78 is 8.92. The van der Waals surface area contributed by atoms with E-state index in [0.29, 0.717) is 17.4 Å². The van der Waals surface area contributed by atoms with Crippen LogP contribution in [0.4, 0.5) is 0 Å². The van der Waals surface area contributed by atoms with Gasteiger partial charge >= 0.3 is 0 Å². The van der Waals surface area contributed by atoms with Crippen LogP contribution >= 0.6 is 0 Å². The van der Waals surface area contributed by atoms with Crippen LogP contribution in [0.1, 0.15) is 65.3 Å². The van der Waals surface area contributed by atoms with Crippen molar-refractivity contribution < 1.29 is 8.98 Å². The number of hydrogen-bond donors (Lipinski definition) is 0. The maximum Gasteiger partial charge on any atom is 0.216 e. The average molecular weight is 548 g/mol. The lowest BCUT2D eigenvalue weighted by atomic mass is 9.75. The lowest BCUT2D eigenvalue weighted by Crippen LogP contribution is -2.30. The molecular formula is C39H35N2O+. The van der Waals surface area contributed by atoms with Crippen LogP contribution in [0.2, 0.25) is 0 Å². The van der Waals surface area contributed by atoms with Gasteiger partial charge in [0, 0.05) is 28.5 Å². The molecule has 0 aliphatic heterocycles. The second-order valence-electron chi connectivity index (χ2n) is 11.9. The molecule has 2 heterocycles. The molecule has 1 aliphatic carbocycles. The molecule has 0 N–H and O–H groups in total. The highest BCUT2D eigenvalue weighted by molar-refractivity contribution is 6.14. The van der Waals surface area contributed by atoms with Crippen molar-refractivity contribution in [2.75, 3.05) is 0 Å². The zero-order valence-electron chi connectivity index (χ0n) is 24.5. The maximum absolute atomic E-state index is 10.2. The molecule has 3 nitrogen and oxygen atoms in total. The van der Waals surface area contributed by atoms with Crippen LogP contribution in [0, 0.1) is 25.2 Å². The fourth-order valence-corrected chi connectivity index (χ4v) is 7.17. The first kappa shape index (κ1) is 26.2. The molecule has 2 aromatic heterocycles. The minimum Gasteiger partial charge on any atom is -0.454 e. The second kappa shape index (κ2) is 10.6. The van der Waals surface area contributed by atoms with Crippen molar-refractivity contribution in [2.24, 2.45) is 7.05 Å². The predicted molar refractivity (Wildman–Crippen MR) is 170 cm³/mol. The molecule has 0 unspecified atom stereocenters. The van der Waals surface area contributed by atoms with Crippen LogP contribution in [-0.2, 0) is 7.05 Å². The Kier molecular flexibility index (Phi) is 6.63. The summed E-state index contributed by atoms with van der Waals surface area (Å²) in [6.07, 6.45) is 6.94. The Balaban J connectivity index is 1.30. The highest BCUT2D eigenvalue weighted by Crippen LogP contribution is 2.44. The maximum atomic E-state index is 10.2. The minimum absolute atomic E-state index is 0.576. The Labute approximate surface area is 247 Å². The summed E-state index contributed by atoms with van der Waals surface area (Å²) in [5.74, 6) is 1.24. The normalized spacial score (nSPS) is 17.0. The minimum atomic E-state index is 0.576. The number of pyridine rings is 1. The highest BCUT2D eigenvalue weighted by atomic mass is 16.3. The average Bonchev–Trinajstić information content (AvgIpc) is 3.40. The van der Waals surface area contributed by atoms with E-state index < -0.39 is 0 Å². The number of rotatable bonds is 4. The molecule has 206 valence electrons. The van der Waals surface area contributed by atoms with Crippen LogP contribution in [0.15, 0.2) is 102 Å². The third-order valence-corrected chi connectivity index (χ3v) is 9.44. The first-order chi connectivity index (χ1) is 20.5. The van der Waals surface area contributed by atoms with Gasteiger partial charge in [0.25, 0.3) is 0 Å². The van der Waals surface area contributed by atoms with Crippen molar-refractivity contribution >= 4 is 21.9 Å². The Morgan fingerprint density at radius 1 is 0.690 bits per heavy atom. The lowest BCUT2D eigenvalue weighted by molar-refractivity contribution is -0.660. The summed E-state index contributed by atoms with van der Waals surface area (Å²) in [7, 11) is 2.06. The van der Waals surface area contributed by atoms with Gasteiger partial charge in [-0.3, -0.25) is 0 Å². The van der Waals surface area contributed by atoms with E-state index in [-0.39, 0.29) is 0 Å². The Morgan fingerprint density at radius 3 is 2.05 bits per heavy atom. The Bertz CT molecular complexity index is 1990. The topological polar surface area (TPSA) is 40.8 Å². The Hall–Kier alpha value is -4.68. The quantitative estimate of drug-likeness (QED) is 0.206. The third kappa shape index (κ3) is 4.39. The van der Waals surface area contributed by atoms with Crippen LogP contribution in [0.3, 0.4) is 0 Å². The van der Waals surface area contributed by atoms with E-state index in [4.69, 9.17) is 4.42 Å². The number of nitrogens with zero attached hydrogens (tertiary/aromatic N) is 2. The first-order valence-electron chi connectivity index (χ1n) is 15.0. The summed E-state index contributed by atoms with van der Waals surface area (Å²) in [6.45, 7) is 4.31. The summed E-state index contributed by atoms with van der Waals surface area (Å²) in [5, 5.41) is 12.3. The van der Waals surface area contributed by atoms with Crippen molar-refractivity contribution in [3.63, 3.8) is 0 Å². The van der Waals surface area contributed by atoms with Gasteiger partial charge in [-0.15, -0.1) is 0 Å². The van der Waals surface area contributed by atoms with Gasteiger partial charge in [0.05, 0.1) is 17.2 Å². The van der Waals surface area contributed by atoms with Crippen molar-refractivity contribution in [3.8, 4) is 28.5 Å². The van der Waals surface area contributed by atoms with E-state index in [1.807, 2.05) is 18.2 Å². The molecule has 1 aliphatic rings.